The molecule has 1 fully saturated rings. The van der Waals surface area contributed by atoms with Gasteiger partial charge in [-0.25, -0.2) is 4.79 Å². The van der Waals surface area contributed by atoms with E-state index in [0.717, 1.165) is 47.7 Å². The van der Waals surface area contributed by atoms with Gasteiger partial charge in [0.1, 0.15) is 6.04 Å². The second-order valence-electron chi connectivity index (χ2n) is 9.77. The Morgan fingerprint density at radius 2 is 1.81 bits per heavy atom. The number of nitrogens with zero attached hydrogens (tertiary/aromatic N) is 1. The highest BCUT2D eigenvalue weighted by Gasteiger charge is 2.26. The molecule has 1 aliphatic carbocycles. The van der Waals surface area contributed by atoms with Crippen molar-refractivity contribution < 1.29 is 19.1 Å². The van der Waals surface area contributed by atoms with Gasteiger partial charge in [-0.3, -0.25) is 4.79 Å². The molecule has 1 unspecified atom stereocenters. The maximum absolute atomic E-state index is 13.6. The number of urea groups is 1. The predicted octanol–water partition coefficient (Wildman–Crippen LogP) is 4.43. The minimum Gasteiger partial charge on any atom is -0.493 e. The highest BCUT2D eigenvalue weighted by molar-refractivity contribution is 5.89. The fraction of sp³-hybridized carbons (Fsp3) is 0.448. The third-order valence-electron chi connectivity index (χ3n) is 7.20. The van der Waals surface area contributed by atoms with Crippen LogP contribution in [0.25, 0.3) is 10.9 Å². The van der Waals surface area contributed by atoms with Crippen molar-refractivity contribution in [3.8, 4) is 11.5 Å². The number of fused-ring (bicyclic) bond motifs is 1. The summed E-state index contributed by atoms with van der Waals surface area (Å²) in [5.41, 5.74) is 3.05. The number of hydrogen-bond acceptors (Lipinski definition) is 4. The van der Waals surface area contributed by atoms with E-state index in [-0.39, 0.29) is 18.0 Å². The zero-order valence-electron chi connectivity index (χ0n) is 22.0. The lowest BCUT2D eigenvalue weighted by atomic mass is 9.96. The summed E-state index contributed by atoms with van der Waals surface area (Å²) >= 11 is 0. The first-order valence-corrected chi connectivity index (χ1v) is 13.1. The zero-order chi connectivity index (χ0) is 26.2. The number of ether oxygens (including phenoxy) is 2. The largest absolute Gasteiger partial charge is 0.493 e. The lowest BCUT2D eigenvalue weighted by molar-refractivity contribution is -0.131. The van der Waals surface area contributed by atoms with Crippen LogP contribution in [0.15, 0.2) is 48.7 Å². The normalized spacial score (nSPS) is 14.7. The molecule has 37 heavy (non-hydrogen) atoms. The highest BCUT2D eigenvalue weighted by atomic mass is 16.5. The number of benzene rings is 2. The van der Waals surface area contributed by atoms with Gasteiger partial charge in [-0.2, -0.15) is 0 Å². The molecule has 3 aromatic rings. The van der Waals surface area contributed by atoms with Gasteiger partial charge in [0.25, 0.3) is 0 Å². The maximum atomic E-state index is 13.6. The second kappa shape index (κ2) is 12.5. The van der Waals surface area contributed by atoms with Crippen LogP contribution in [0, 0.1) is 0 Å². The van der Waals surface area contributed by atoms with Crippen LogP contribution >= 0.6 is 0 Å². The van der Waals surface area contributed by atoms with Crippen LogP contribution in [0.3, 0.4) is 0 Å². The van der Waals surface area contributed by atoms with E-state index in [9.17, 15) is 9.59 Å². The number of rotatable bonds is 10. The van der Waals surface area contributed by atoms with E-state index in [1.807, 2.05) is 48.7 Å². The molecule has 0 spiro atoms. The topological polar surface area (TPSA) is 95.7 Å². The average Bonchev–Trinajstić information content (AvgIpc) is 3.34. The number of aromatic nitrogens is 1. The second-order valence-corrected chi connectivity index (χ2v) is 9.77. The quantitative estimate of drug-likeness (QED) is 0.379. The van der Waals surface area contributed by atoms with Crippen LogP contribution in [0.4, 0.5) is 4.79 Å². The Hall–Kier alpha value is -3.68. The molecule has 8 heteroatoms. The van der Waals surface area contributed by atoms with E-state index in [0.29, 0.717) is 30.9 Å². The Bertz CT molecular complexity index is 1200. The molecule has 1 atom stereocenters. The SMILES string of the molecule is COc1ccc(CCN(C)C(=O)C(Cc2c[nH]c3ccccc23)NC(=O)NC2CCCCC2)cc1OC. The van der Waals surface area contributed by atoms with Crippen molar-refractivity contribution in [1.82, 2.24) is 20.5 Å². The van der Waals surface area contributed by atoms with Crippen molar-refractivity contribution in [1.29, 1.82) is 0 Å². The van der Waals surface area contributed by atoms with Crippen molar-refractivity contribution in [2.24, 2.45) is 0 Å². The number of nitrogens with one attached hydrogen (secondary N) is 3. The molecule has 0 bridgehead atoms. The average molecular weight is 507 g/mol. The maximum Gasteiger partial charge on any atom is 0.315 e. The summed E-state index contributed by atoms with van der Waals surface area (Å²) in [4.78, 5) is 31.5. The Kier molecular flexibility index (Phi) is 8.93. The van der Waals surface area contributed by atoms with Crippen molar-refractivity contribution >= 4 is 22.8 Å². The number of carbonyl (C=O) groups is 2. The van der Waals surface area contributed by atoms with Gasteiger partial charge < -0.3 is 30.0 Å². The first-order chi connectivity index (χ1) is 18.0. The number of carbonyl (C=O) groups excluding carboxylic acids is 2. The van der Waals surface area contributed by atoms with Crippen LogP contribution < -0.4 is 20.1 Å². The molecular formula is C29H38N4O4. The van der Waals surface area contributed by atoms with Gasteiger partial charge in [0.05, 0.1) is 14.2 Å². The number of hydrogen-bond donors (Lipinski definition) is 3. The van der Waals surface area contributed by atoms with Crippen LogP contribution in [-0.2, 0) is 17.6 Å². The molecule has 0 aliphatic heterocycles. The van der Waals surface area contributed by atoms with Gasteiger partial charge in [0.2, 0.25) is 5.91 Å². The van der Waals surface area contributed by atoms with Crippen LogP contribution in [0.5, 0.6) is 11.5 Å². The first-order valence-electron chi connectivity index (χ1n) is 13.1. The van der Waals surface area contributed by atoms with E-state index in [4.69, 9.17) is 9.47 Å². The summed E-state index contributed by atoms with van der Waals surface area (Å²) in [5, 5.41) is 7.13. The molecule has 1 saturated carbocycles. The number of para-hydroxylation sites is 1. The molecule has 0 radical (unpaired) electrons. The molecule has 1 aliphatic rings. The van der Waals surface area contributed by atoms with Crippen molar-refractivity contribution in [2.45, 2.75) is 57.0 Å². The summed E-state index contributed by atoms with van der Waals surface area (Å²) in [6, 6.07) is 13.0. The van der Waals surface area contributed by atoms with E-state index < -0.39 is 6.04 Å². The summed E-state index contributed by atoms with van der Waals surface area (Å²) in [7, 11) is 5.00. The molecule has 4 rings (SSSR count). The Morgan fingerprint density at radius 1 is 1.05 bits per heavy atom. The number of likely N-dealkylation sites (N-methyl/N-ethyl adjacent to an activating group) is 1. The fourth-order valence-electron chi connectivity index (χ4n) is 5.06. The monoisotopic (exact) mass is 506 g/mol. The minimum absolute atomic E-state index is 0.121. The predicted molar refractivity (Wildman–Crippen MR) is 145 cm³/mol. The molecule has 1 heterocycles. The van der Waals surface area contributed by atoms with Crippen molar-refractivity contribution in [3.05, 3.63) is 59.8 Å². The molecule has 8 nitrogen and oxygen atoms in total. The molecule has 3 amide bonds. The number of H-pyrrole nitrogens is 1. The summed E-state index contributed by atoms with van der Waals surface area (Å²) < 4.78 is 10.7. The molecular weight excluding hydrogens is 468 g/mol. The molecule has 2 aromatic carbocycles. The third-order valence-corrected chi connectivity index (χ3v) is 7.20. The molecule has 3 N–H and O–H groups in total. The number of amides is 3. The fourth-order valence-corrected chi connectivity index (χ4v) is 5.06. The van der Waals surface area contributed by atoms with Gasteiger partial charge in [0.15, 0.2) is 11.5 Å². The van der Waals surface area contributed by atoms with Crippen LogP contribution in [0.1, 0.15) is 43.2 Å². The summed E-state index contributed by atoms with van der Waals surface area (Å²) in [5.74, 6) is 1.21. The van der Waals surface area contributed by atoms with Crippen LogP contribution in [0.2, 0.25) is 0 Å². The lowest BCUT2D eigenvalue weighted by Crippen LogP contribution is -2.53. The van der Waals surface area contributed by atoms with Gasteiger partial charge in [0, 0.05) is 43.2 Å². The number of methoxy groups -OCH3 is 2. The van der Waals surface area contributed by atoms with E-state index in [2.05, 4.69) is 15.6 Å². The van der Waals surface area contributed by atoms with Crippen molar-refractivity contribution in [3.63, 3.8) is 0 Å². The lowest BCUT2D eigenvalue weighted by Gasteiger charge is -2.27. The van der Waals surface area contributed by atoms with E-state index in [1.54, 1.807) is 26.2 Å². The zero-order valence-corrected chi connectivity index (χ0v) is 22.0. The van der Waals surface area contributed by atoms with E-state index >= 15 is 0 Å². The summed E-state index contributed by atoms with van der Waals surface area (Å²) in [6.45, 7) is 0.505. The minimum atomic E-state index is -0.682. The Morgan fingerprint density at radius 3 is 2.57 bits per heavy atom. The smallest absolute Gasteiger partial charge is 0.315 e. The third kappa shape index (κ3) is 6.76. The van der Waals surface area contributed by atoms with E-state index in [1.165, 1.54) is 6.42 Å². The first kappa shape index (κ1) is 26.4. The Labute approximate surface area is 218 Å². The van der Waals surface area contributed by atoms with Gasteiger partial charge in [-0.15, -0.1) is 0 Å². The molecule has 0 saturated heterocycles. The van der Waals surface area contributed by atoms with Gasteiger partial charge >= 0.3 is 6.03 Å². The standard InChI is InChI=1S/C29H38N4O4/c1-33(16-15-20-13-14-26(36-2)27(17-20)37-3)28(34)25(32-29(35)31-22-9-5-4-6-10-22)18-21-19-30-24-12-8-7-11-23(21)24/h7-8,11-14,17,19,22,25,30H,4-6,9-10,15-16,18H2,1-3H3,(H2,31,32,35). The van der Waals surface area contributed by atoms with Gasteiger partial charge in [-0.1, -0.05) is 43.5 Å². The highest BCUT2D eigenvalue weighted by Crippen LogP contribution is 2.28. The number of aromatic amines is 1. The van der Waals surface area contributed by atoms with Gasteiger partial charge in [-0.05, 0) is 48.6 Å². The molecule has 198 valence electrons. The Balaban J connectivity index is 1.45. The summed E-state index contributed by atoms with van der Waals surface area (Å²) in [6.07, 6.45) is 8.42. The van der Waals surface area contributed by atoms with Crippen LogP contribution in [-0.4, -0.2) is 61.7 Å². The molecule has 1 aromatic heterocycles. The van der Waals surface area contributed by atoms with Crippen molar-refractivity contribution in [2.75, 3.05) is 27.8 Å².